The van der Waals surface area contributed by atoms with Gasteiger partial charge in [-0.1, -0.05) is 13.8 Å². The summed E-state index contributed by atoms with van der Waals surface area (Å²) in [6.07, 6.45) is -4.16. The molecule has 0 unspecified atom stereocenters. The van der Waals surface area contributed by atoms with E-state index in [0.717, 1.165) is 0 Å². The maximum atomic E-state index is 12.0. The van der Waals surface area contributed by atoms with E-state index in [-0.39, 0.29) is 36.5 Å². The van der Waals surface area contributed by atoms with Gasteiger partial charge < -0.3 is 11.1 Å². The van der Waals surface area contributed by atoms with E-state index in [1.165, 1.54) is 11.9 Å². The number of likely N-dealkylation sites (N-methyl/N-ethyl adjacent to an activating group) is 1. The van der Waals surface area contributed by atoms with Gasteiger partial charge in [0.05, 0.1) is 6.54 Å². The van der Waals surface area contributed by atoms with E-state index < -0.39 is 12.7 Å². The van der Waals surface area contributed by atoms with Gasteiger partial charge in [-0.15, -0.1) is 24.0 Å². The molecule has 0 aliphatic carbocycles. The van der Waals surface area contributed by atoms with Gasteiger partial charge in [-0.3, -0.25) is 9.89 Å². The molecule has 4 nitrogen and oxygen atoms in total. The Hall–Kier alpha value is -0.250. The van der Waals surface area contributed by atoms with Crippen molar-refractivity contribution in [1.29, 1.82) is 0 Å². The normalized spacial score (nSPS) is 12.8. The van der Waals surface area contributed by atoms with Crippen LogP contribution >= 0.6 is 24.0 Å². The zero-order chi connectivity index (χ0) is 13.5. The fraction of sp³-hybridized carbons (Fsp3) is 0.900. The van der Waals surface area contributed by atoms with Crippen LogP contribution in [0.3, 0.4) is 0 Å². The van der Waals surface area contributed by atoms with Gasteiger partial charge in [-0.25, -0.2) is 0 Å². The molecule has 8 heteroatoms. The Morgan fingerprint density at radius 1 is 1.39 bits per heavy atom. The van der Waals surface area contributed by atoms with Crippen molar-refractivity contribution in [2.75, 3.05) is 33.2 Å². The van der Waals surface area contributed by atoms with Crippen molar-refractivity contribution in [2.45, 2.75) is 20.0 Å². The lowest BCUT2D eigenvalue weighted by atomic mass is 10.2. The number of rotatable bonds is 6. The molecule has 0 aliphatic rings. The van der Waals surface area contributed by atoms with E-state index in [0.29, 0.717) is 19.0 Å². The minimum atomic E-state index is -4.16. The lowest BCUT2D eigenvalue weighted by Gasteiger charge is -2.18. The molecular formula is C10H22F3IN4. The highest BCUT2D eigenvalue weighted by atomic mass is 127. The summed E-state index contributed by atoms with van der Waals surface area (Å²) in [6, 6.07) is 0. The topological polar surface area (TPSA) is 53.6 Å². The molecule has 0 spiro atoms. The van der Waals surface area contributed by atoms with Crippen molar-refractivity contribution in [3.63, 3.8) is 0 Å². The molecular weight excluding hydrogens is 360 g/mol. The Labute approximate surface area is 123 Å². The molecule has 110 valence electrons. The van der Waals surface area contributed by atoms with Crippen LogP contribution in [-0.2, 0) is 0 Å². The Bertz CT molecular complexity index is 244. The standard InChI is InChI=1S/C10H21F3N4.HI/c1-8(2)6-16-9(14)15-4-5-17(3)7-10(11,12)13;/h8H,4-7H2,1-3H3,(H3,14,15,16);1H. The molecule has 0 rings (SSSR count). The van der Waals surface area contributed by atoms with Crippen LogP contribution in [0.15, 0.2) is 4.99 Å². The monoisotopic (exact) mass is 382 g/mol. The molecule has 0 saturated heterocycles. The molecule has 0 bridgehead atoms. The van der Waals surface area contributed by atoms with Crippen molar-refractivity contribution in [3.05, 3.63) is 0 Å². The van der Waals surface area contributed by atoms with Crippen LogP contribution in [0.2, 0.25) is 0 Å². The first kappa shape index (κ1) is 20.1. The van der Waals surface area contributed by atoms with Gasteiger partial charge in [0.2, 0.25) is 0 Å². The van der Waals surface area contributed by atoms with Gasteiger partial charge in [-0.05, 0) is 13.0 Å². The summed E-state index contributed by atoms with van der Waals surface area (Å²) in [7, 11) is 1.41. The number of alkyl halides is 3. The zero-order valence-corrected chi connectivity index (χ0v) is 13.3. The molecule has 0 aromatic carbocycles. The van der Waals surface area contributed by atoms with E-state index in [2.05, 4.69) is 10.3 Å². The maximum absolute atomic E-state index is 12.0. The molecule has 0 saturated carbocycles. The quantitative estimate of drug-likeness (QED) is 0.418. The number of hydrogen-bond acceptors (Lipinski definition) is 2. The smallest absolute Gasteiger partial charge is 0.370 e. The second-order valence-corrected chi connectivity index (χ2v) is 4.40. The Morgan fingerprint density at radius 2 is 1.94 bits per heavy atom. The molecule has 0 fully saturated rings. The summed E-state index contributed by atoms with van der Waals surface area (Å²) < 4.78 is 36.0. The molecule has 0 aliphatic heterocycles. The Balaban J connectivity index is 0. The van der Waals surface area contributed by atoms with Crippen LogP contribution in [0.5, 0.6) is 0 Å². The lowest BCUT2D eigenvalue weighted by molar-refractivity contribution is -0.142. The molecule has 3 N–H and O–H groups in total. The van der Waals surface area contributed by atoms with Crippen LogP contribution in [-0.4, -0.2) is 50.3 Å². The van der Waals surface area contributed by atoms with E-state index in [9.17, 15) is 13.2 Å². The minimum Gasteiger partial charge on any atom is -0.370 e. The van der Waals surface area contributed by atoms with E-state index in [4.69, 9.17) is 5.73 Å². The average molecular weight is 382 g/mol. The predicted molar refractivity (Wildman–Crippen MR) is 78.3 cm³/mol. The van der Waals surface area contributed by atoms with Gasteiger partial charge in [-0.2, -0.15) is 13.2 Å². The summed E-state index contributed by atoms with van der Waals surface area (Å²) >= 11 is 0. The molecule has 0 heterocycles. The zero-order valence-electron chi connectivity index (χ0n) is 10.9. The molecule has 0 amide bonds. The SMILES string of the molecule is CC(C)CN=C(N)NCCN(C)CC(F)(F)F.I. The molecule has 0 atom stereocenters. The number of hydrogen-bond donors (Lipinski definition) is 2. The maximum Gasteiger partial charge on any atom is 0.401 e. The third-order valence-electron chi connectivity index (χ3n) is 1.88. The largest absolute Gasteiger partial charge is 0.401 e. The Kier molecular flexibility index (Phi) is 10.8. The molecule has 0 aromatic heterocycles. The third kappa shape index (κ3) is 13.8. The first-order valence-electron chi connectivity index (χ1n) is 5.50. The number of halogens is 4. The van der Waals surface area contributed by atoms with Gasteiger partial charge in [0, 0.05) is 19.6 Å². The summed E-state index contributed by atoms with van der Waals surface area (Å²) in [5.41, 5.74) is 5.53. The summed E-state index contributed by atoms with van der Waals surface area (Å²) in [5, 5.41) is 2.77. The second kappa shape index (κ2) is 9.65. The van der Waals surface area contributed by atoms with E-state index >= 15 is 0 Å². The van der Waals surface area contributed by atoms with E-state index in [1.54, 1.807) is 0 Å². The highest BCUT2D eigenvalue weighted by molar-refractivity contribution is 14.0. The van der Waals surface area contributed by atoms with Crippen LogP contribution in [0, 0.1) is 5.92 Å². The summed E-state index contributed by atoms with van der Waals surface area (Å²) in [4.78, 5) is 5.22. The summed E-state index contributed by atoms with van der Waals surface area (Å²) in [6.45, 7) is 4.31. The van der Waals surface area contributed by atoms with Gasteiger partial charge in [0.25, 0.3) is 0 Å². The van der Waals surface area contributed by atoms with Crippen LogP contribution in [0.25, 0.3) is 0 Å². The first-order valence-corrected chi connectivity index (χ1v) is 5.50. The fourth-order valence-corrected chi connectivity index (χ4v) is 1.10. The molecule has 18 heavy (non-hydrogen) atoms. The van der Waals surface area contributed by atoms with Crippen molar-refractivity contribution >= 4 is 29.9 Å². The van der Waals surface area contributed by atoms with Crippen molar-refractivity contribution in [2.24, 2.45) is 16.6 Å². The molecule has 0 radical (unpaired) electrons. The van der Waals surface area contributed by atoms with Gasteiger partial charge in [0.15, 0.2) is 5.96 Å². The lowest BCUT2D eigenvalue weighted by Crippen LogP contribution is -2.40. The fourth-order valence-electron chi connectivity index (χ4n) is 1.10. The minimum absolute atomic E-state index is 0. The van der Waals surface area contributed by atoms with Crippen LogP contribution in [0.1, 0.15) is 13.8 Å². The Morgan fingerprint density at radius 3 is 2.39 bits per heavy atom. The third-order valence-corrected chi connectivity index (χ3v) is 1.88. The highest BCUT2D eigenvalue weighted by Crippen LogP contribution is 2.14. The van der Waals surface area contributed by atoms with Gasteiger partial charge >= 0.3 is 6.18 Å². The number of nitrogens with one attached hydrogen (secondary N) is 1. The van der Waals surface area contributed by atoms with Crippen molar-refractivity contribution in [1.82, 2.24) is 10.2 Å². The van der Waals surface area contributed by atoms with E-state index in [1.807, 2.05) is 13.8 Å². The van der Waals surface area contributed by atoms with Crippen molar-refractivity contribution in [3.8, 4) is 0 Å². The molecule has 0 aromatic rings. The van der Waals surface area contributed by atoms with Crippen molar-refractivity contribution < 1.29 is 13.2 Å². The van der Waals surface area contributed by atoms with Gasteiger partial charge in [0.1, 0.15) is 0 Å². The average Bonchev–Trinajstić information content (AvgIpc) is 2.11. The highest BCUT2D eigenvalue weighted by Gasteiger charge is 2.28. The van der Waals surface area contributed by atoms with Crippen LogP contribution < -0.4 is 11.1 Å². The number of aliphatic imine (C=N–C) groups is 1. The van der Waals surface area contributed by atoms with Crippen LogP contribution in [0.4, 0.5) is 13.2 Å². The number of guanidine groups is 1. The predicted octanol–water partition coefficient (Wildman–Crippen LogP) is 1.66. The first-order chi connectivity index (χ1) is 7.70. The number of nitrogens with zero attached hydrogens (tertiary/aromatic N) is 2. The summed E-state index contributed by atoms with van der Waals surface area (Å²) in [5.74, 6) is 0.683. The number of nitrogens with two attached hydrogens (primary N) is 1. The second-order valence-electron chi connectivity index (χ2n) is 4.40.